The highest BCUT2D eigenvalue weighted by Gasteiger charge is 2.14. The summed E-state index contributed by atoms with van der Waals surface area (Å²) in [6.45, 7) is 1.84. The molecule has 3 nitrogen and oxygen atoms in total. The van der Waals surface area contributed by atoms with Crippen LogP contribution in [-0.2, 0) is 4.74 Å². The monoisotopic (exact) mass is 291 g/mol. The Bertz CT molecular complexity index is 658. The molecule has 0 spiro atoms. The highest BCUT2D eigenvalue weighted by molar-refractivity contribution is 5.90. The first-order chi connectivity index (χ1) is 10.0. The van der Waals surface area contributed by atoms with Crippen LogP contribution in [-0.4, -0.2) is 13.1 Å². The Morgan fingerprint density at radius 2 is 1.95 bits per heavy atom. The van der Waals surface area contributed by atoms with E-state index in [9.17, 15) is 13.6 Å². The van der Waals surface area contributed by atoms with Crippen molar-refractivity contribution in [3.05, 3.63) is 65.2 Å². The first-order valence-electron chi connectivity index (χ1n) is 6.41. The van der Waals surface area contributed by atoms with Crippen molar-refractivity contribution in [1.82, 2.24) is 0 Å². The van der Waals surface area contributed by atoms with Gasteiger partial charge in [-0.15, -0.1) is 0 Å². The third-order valence-electron chi connectivity index (χ3n) is 3.10. The largest absolute Gasteiger partial charge is 0.465 e. The molecule has 1 unspecified atom stereocenters. The molecule has 0 aliphatic rings. The van der Waals surface area contributed by atoms with Gasteiger partial charge in [0.15, 0.2) is 0 Å². The number of benzene rings is 2. The summed E-state index contributed by atoms with van der Waals surface area (Å²) >= 11 is 0. The predicted octanol–water partition coefficient (Wildman–Crippen LogP) is 3.92. The molecule has 0 heterocycles. The van der Waals surface area contributed by atoms with E-state index < -0.39 is 11.8 Å². The molecule has 1 atom stereocenters. The molecule has 0 saturated heterocycles. The highest BCUT2D eigenvalue weighted by atomic mass is 19.1. The minimum atomic E-state index is -0.741. The molecule has 0 saturated carbocycles. The van der Waals surface area contributed by atoms with E-state index in [4.69, 9.17) is 0 Å². The van der Waals surface area contributed by atoms with E-state index in [2.05, 4.69) is 10.1 Å². The Labute approximate surface area is 121 Å². The smallest absolute Gasteiger partial charge is 0.340 e. The van der Waals surface area contributed by atoms with Gasteiger partial charge in [0.25, 0.3) is 0 Å². The maximum absolute atomic E-state index is 13.5. The van der Waals surface area contributed by atoms with E-state index in [1.54, 1.807) is 12.1 Å². The highest BCUT2D eigenvalue weighted by Crippen LogP contribution is 2.22. The van der Waals surface area contributed by atoms with Crippen molar-refractivity contribution >= 4 is 11.7 Å². The molecular formula is C16H15F2NO2. The van der Waals surface area contributed by atoms with Gasteiger partial charge in [0, 0.05) is 11.7 Å². The normalized spacial score (nSPS) is 11.8. The molecule has 2 aromatic carbocycles. The van der Waals surface area contributed by atoms with Crippen LogP contribution in [0.1, 0.15) is 28.9 Å². The van der Waals surface area contributed by atoms with E-state index in [0.717, 1.165) is 5.56 Å². The number of hydrogen-bond donors (Lipinski definition) is 1. The number of nitrogens with one attached hydrogen (secondary N) is 1. The summed E-state index contributed by atoms with van der Waals surface area (Å²) in [6.07, 6.45) is 0. The number of esters is 1. The van der Waals surface area contributed by atoms with Crippen molar-refractivity contribution in [3.8, 4) is 0 Å². The number of ether oxygens (including phenoxy) is 1. The van der Waals surface area contributed by atoms with E-state index in [1.807, 2.05) is 6.92 Å². The minimum Gasteiger partial charge on any atom is -0.465 e. The molecule has 0 bridgehead atoms. The Morgan fingerprint density at radius 3 is 2.62 bits per heavy atom. The number of hydrogen-bond acceptors (Lipinski definition) is 3. The lowest BCUT2D eigenvalue weighted by molar-refractivity contribution is 0.0595. The summed E-state index contributed by atoms with van der Waals surface area (Å²) in [5.74, 6) is -1.71. The molecule has 0 aromatic heterocycles. The van der Waals surface area contributed by atoms with Gasteiger partial charge in [0.05, 0.1) is 12.7 Å². The second-order valence-corrected chi connectivity index (χ2v) is 4.61. The van der Waals surface area contributed by atoms with E-state index >= 15 is 0 Å². The average molecular weight is 291 g/mol. The fraction of sp³-hybridized carbons (Fsp3) is 0.188. The zero-order valence-electron chi connectivity index (χ0n) is 11.7. The van der Waals surface area contributed by atoms with Crippen molar-refractivity contribution in [2.75, 3.05) is 12.4 Å². The van der Waals surface area contributed by atoms with Gasteiger partial charge in [0.1, 0.15) is 11.6 Å². The summed E-state index contributed by atoms with van der Waals surface area (Å²) in [6, 6.07) is 10.1. The molecule has 21 heavy (non-hydrogen) atoms. The summed E-state index contributed by atoms with van der Waals surface area (Å²) in [7, 11) is 1.19. The summed E-state index contributed by atoms with van der Waals surface area (Å²) in [5, 5.41) is 3.09. The molecule has 0 amide bonds. The average Bonchev–Trinajstić information content (AvgIpc) is 2.48. The Balaban J connectivity index is 2.21. The number of rotatable bonds is 4. The van der Waals surface area contributed by atoms with Crippen LogP contribution in [0.2, 0.25) is 0 Å². The molecule has 1 N–H and O–H groups in total. The first kappa shape index (κ1) is 15.0. The van der Waals surface area contributed by atoms with Gasteiger partial charge in [-0.2, -0.15) is 0 Å². The van der Waals surface area contributed by atoms with Gasteiger partial charge in [-0.1, -0.05) is 12.1 Å². The molecule has 0 aliphatic heterocycles. The molecule has 5 heteroatoms. The first-order valence-corrected chi connectivity index (χ1v) is 6.41. The van der Waals surface area contributed by atoms with E-state index in [0.29, 0.717) is 5.69 Å². The zero-order valence-corrected chi connectivity index (χ0v) is 11.7. The second-order valence-electron chi connectivity index (χ2n) is 4.61. The fourth-order valence-electron chi connectivity index (χ4n) is 1.99. The topological polar surface area (TPSA) is 38.3 Å². The number of halogens is 2. The van der Waals surface area contributed by atoms with Crippen molar-refractivity contribution in [1.29, 1.82) is 0 Å². The number of methoxy groups -OCH3 is 1. The third kappa shape index (κ3) is 3.56. The lowest BCUT2D eigenvalue weighted by atomic mass is 10.1. The maximum atomic E-state index is 13.5. The minimum absolute atomic E-state index is 0.144. The van der Waals surface area contributed by atoms with Crippen LogP contribution in [0.5, 0.6) is 0 Å². The summed E-state index contributed by atoms with van der Waals surface area (Å²) in [4.78, 5) is 11.4. The van der Waals surface area contributed by atoms with Gasteiger partial charge in [-0.25, -0.2) is 13.6 Å². The number of carbonyl (C=O) groups is 1. The van der Waals surface area contributed by atoms with Crippen LogP contribution >= 0.6 is 0 Å². The Hall–Kier alpha value is -2.43. The van der Waals surface area contributed by atoms with Crippen molar-refractivity contribution in [2.24, 2.45) is 0 Å². The SMILES string of the molecule is COC(=O)c1cc(NC(C)c2cccc(F)c2)ccc1F. The molecule has 110 valence electrons. The molecular weight excluding hydrogens is 276 g/mol. The molecule has 2 aromatic rings. The number of carbonyl (C=O) groups excluding carboxylic acids is 1. The molecule has 0 radical (unpaired) electrons. The van der Waals surface area contributed by atoms with Crippen LogP contribution < -0.4 is 5.32 Å². The van der Waals surface area contributed by atoms with Crippen LogP contribution in [0, 0.1) is 11.6 Å². The third-order valence-corrected chi connectivity index (χ3v) is 3.10. The van der Waals surface area contributed by atoms with Crippen LogP contribution in [0.4, 0.5) is 14.5 Å². The molecule has 0 aliphatic carbocycles. The Morgan fingerprint density at radius 1 is 1.19 bits per heavy atom. The van der Waals surface area contributed by atoms with Crippen LogP contribution in [0.25, 0.3) is 0 Å². The van der Waals surface area contributed by atoms with E-state index in [1.165, 1.54) is 37.4 Å². The van der Waals surface area contributed by atoms with Crippen molar-refractivity contribution in [3.63, 3.8) is 0 Å². The summed E-state index contributed by atoms with van der Waals surface area (Å²) < 4.78 is 31.3. The standard InChI is InChI=1S/C16H15F2NO2/c1-10(11-4-3-5-12(17)8-11)19-13-6-7-15(18)14(9-13)16(20)21-2/h3-10,19H,1-2H3. The van der Waals surface area contributed by atoms with Gasteiger partial charge in [0.2, 0.25) is 0 Å². The van der Waals surface area contributed by atoms with Gasteiger partial charge in [-0.05, 0) is 42.8 Å². The van der Waals surface area contributed by atoms with Gasteiger partial charge < -0.3 is 10.1 Å². The van der Waals surface area contributed by atoms with Crippen LogP contribution in [0.3, 0.4) is 0 Å². The zero-order chi connectivity index (χ0) is 15.4. The molecule has 0 fully saturated rings. The van der Waals surface area contributed by atoms with E-state index in [-0.39, 0.29) is 17.4 Å². The predicted molar refractivity (Wildman–Crippen MR) is 76.2 cm³/mol. The van der Waals surface area contributed by atoms with Gasteiger partial charge in [-0.3, -0.25) is 0 Å². The maximum Gasteiger partial charge on any atom is 0.340 e. The van der Waals surface area contributed by atoms with Gasteiger partial charge >= 0.3 is 5.97 Å². The lowest BCUT2D eigenvalue weighted by Gasteiger charge is -2.16. The lowest BCUT2D eigenvalue weighted by Crippen LogP contribution is -2.09. The molecule has 2 rings (SSSR count). The quantitative estimate of drug-likeness (QED) is 0.868. The van der Waals surface area contributed by atoms with Crippen molar-refractivity contribution < 1.29 is 18.3 Å². The number of anilines is 1. The fourth-order valence-corrected chi connectivity index (χ4v) is 1.99. The van der Waals surface area contributed by atoms with Crippen LogP contribution in [0.15, 0.2) is 42.5 Å². The van der Waals surface area contributed by atoms with Crippen molar-refractivity contribution in [2.45, 2.75) is 13.0 Å². The summed E-state index contributed by atoms with van der Waals surface area (Å²) in [5.41, 5.74) is 1.15. The Kier molecular flexibility index (Phi) is 4.52. The second kappa shape index (κ2) is 6.35.